The first-order valence-corrected chi connectivity index (χ1v) is 7.30. The van der Waals surface area contributed by atoms with Gasteiger partial charge in [0.05, 0.1) is 5.71 Å². The Morgan fingerprint density at radius 1 is 1.27 bits per heavy atom. The second kappa shape index (κ2) is 8.35. The first kappa shape index (κ1) is 17.9. The zero-order chi connectivity index (χ0) is 16.7. The third kappa shape index (κ3) is 5.01. The molecule has 0 saturated carbocycles. The third-order valence-corrected chi connectivity index (χ3v) is 3.59. The molecule has 4 heteroatoms. The minimum Gasteiger partial charge on any atom is -0.368 e. The summed E-state index contributed by atoms with van der Waals surface area (Å²) in [6.07, 6.45) is 3.80. The van der Waals surface area contributed by atoms with Crippen molar-refractivity contribution in [2.75, 3.05) is 6.54 Å². The number of amides is 1. The number of rotatable bonds is 6. The minimum absolute atomic E-state index is 0.0745. The van der Waals surface area contributed by atoms with Crippen LogP contribution in [0.1, 0.15) is 26.3 Å². The Labute approximate surface area is 136 Å². The van der Waals surface area contributed by atoms with Crippen LogP contribution >= 0.6 is 11.6 Å². The Balaban J connectivity index is 3.37. The molecule has 0 aliphatic carbocycles. The summed E-state index contributed by atoms with van der Waals surface area (Å²) in [7, 11) is 0. The molecule has 0 aliphatic heterocycles. The van der Waals surface area contributed by atoms with Crippen LogP contribution in [0, 0.1) is 0 Å². The highest BCUT2D eigenvalue weighted by atomic mass is 35.5. The van der Waals surface area contributed by atoms with Crippen LogP contribution in [-0.4, -0.2) is 18.2 Å². The summed E-state index contributed by atoms with van der Waals surface area (Å²) in [6.45, 7) is 9.61. The summed E-state index contributed by atoms with van der Waals surface area (Å²) >= 11 is 6.25. The van der Waals surface area contributed by atoms with Crippen molar-refractivity contribution in [2.24, 2.45) is 10.7 Å². The predicted molar refractivity (Wildman–Crippen MR) is 94.4 cm³/mol. The molecule has 2 N–H and O–H groups in total. The highest BCUT2D eigenvalue weighted by molar-refractivity contribution is 6.35. The molecule has 0 unspecified atom stereocenters. The molecule has 0 fully saturated rings. The smallest absolute Gasteiger partial charge is 0.239 e. The van der Waals surface area contributed by atoms with Crippen LogP contribution in [0.15, 0.2) is 64.7 Å². The molecule has 1 rings (SSSR count). The topological polar surface area (TPSA) is 55.4 Å². The van der Waals surface area contributed by atoms with Gasteiger partial charge in [-0.05, 0) is 43.6 Å². The quantitative estimate of drug-likeness (QED) is 0.624. The molecule has 0 aliphatic rings. The number of primary amides is 1. The average Bonchev–Trinajstić information content (AvgIpc) is 2.47. The number of allylic oxidation sites excluding steroid dienone is 5. The zero-order valence-corrected chi connectivity index (χ0v) is 13.9. The van der Waals surface area contributed by atoms with Gasteiger partial charge in [-0.2, -0.15) is 0 Å². The highest BCUT2D eigenvalue weighted by Gasteiger charge is 2.10. The standard InChI is InChI=1S/C18H21ClN2O/c1-5-12(2)13(3)10-14(4)18(21-11-17(20)22)15-8-6-7-9-16(15)19/h5-10H,1,11H2,2-4H3,(H2,20,22)/b13-12-,14-10+,21-18?. The van der Waals surface area contributed by atoms with Crippen LogP contribution < -0.4 is 5.73 Å². The van der Waals surface area contributed by atoms with Crippen molar-refractivity contribution in [1.29, 1.82) is 0 Å². The fraction of sp³-hybridized carbons (Fsp3) is 0.222. The van der Waals surface area contributed by atoms with Gasteiger partial charge in [-0.3, -0.25) is 9.79 Å². The summed E-state index contributed by atoms with van der Waals surface area (Å²) in [4.78, 5) is 15.4. The van der Waals surface area contributed by atoms with Crippen molar-refractivity contribution >= 4 is 23.2 Å². The van der Waals surface area contributed by atoms with Crippen LogP contribution in [-0.2, 0) is 4.79 Å². The van der Waals surface area contributed by atoms with Crippen molar-refractivity contribution in [3.05, 3.63) is 70.3 Å². The SMILES string of the molecule is C=C/C(C)=C(C)\C=C(/C)C(=NCC(N)=O)c1ccccc1Cl. The number of benzene rings is 1. The van der Waals surface area contributed by atoms with Crippen molar-refractivity contribution < 1.29 is 4.79 Å². The second-order valence-corrected chi connectivity index (χ2v) is 5.42. The zero-order valence-electron chi connectivity index (χ0n) is 13.2. The maximum atomic E-state index is 11.1. The van der Waals surface area contributed by atoms with E-state index in [2.05, 4.69) is 11.6 Å². The van der Waals surface area contributed by atoms with Crippen molar-refractivity contribution in [1.82, 2.24) is 0 Å². The molecule has 116 valence electrons. The predicted octanol–water partition coefficient (Wildman–Crippen LogP) is 4.08. The lowest BCUT2D eigenvalue weighted by Crippen LogP contribution is -2.16. The van der Waals surface area contributed by atoms with Gasteiger partial charge in [-0.25, -0.2) is 0 Å². The number of halogens is 1. The Hall–Kier alpha value is -2.13. The number of nitrogens with two attached hydrogens (primary N) is 1. The van der Waals surface area contributed by atoms with E-state index in [4.69, 9.17) is 17.3 Å². The number of hydrogen-bond donors (Lipinski definition) is 1. The van der Waals surface area contributed by atoms with Gasteiger partial charge in [0.1, 0.15) is 6.54 Å². The van der Waals surface area contributed by atoms with Gasteiger partial charge in [0.25, 0.3) is 0 Å². The number of carbonyl (C=O) groups is 1. The van der Waals surface area contributed by atoms with E-state index in [-0.39, 0.29) is 6.54 Å². The van der Waals surface area contributed by atoms with Gasteiger partial charge in [0.2, 0.25) is 5.91 Å². The second-order valence-electron chi connectivity index (χ2n) is 5.01. The maximum Gasteiger partial charge on any atom is 0.239 e. The summed E-state index contributed by atoms with van der Waals surface area (Å²) in [5.74, 6) is -0.480. The number of aliphatic imine (C=N–C) groups is 1. The van der Waals surface area contributed by atoms with Gasteiger partial charge < -0.3 is 5.73 Å². The summed E-state index contributed by atoms with van der Waals surface area (Å²) in [6, 6.07) is 7.40. The Morgan fingerprint density at radius 3 is 2.45 bits per heavy atom. The summed E-state index contributed by atoms with van der Waals surface area (Å²) in [5, 5.41) is 0.584. The van der Waals surface area contributed by atoms with E-state index >= 15 is 0 Å². The molecule has 0 radical (unpaired) electrons. The molecule has 3 nitrogen and oxygen atoms in total. The normalized spacial score (nSPS) is 13.6. The monoisotopic (exact) mass is 316 g/mol. The Bertz CT molecular complexity index is 669. The molecular weight excluding hydrogens is 296 g/mol. The lowest BCUT2D eigenvalue weighted by atomic mass is 10.00. The van der Waals surface area contributed by atoms with E-state index in [9.17, 15) is 4.79 Å². The first-order chi connectivity index (χ1) is 10.4. The molecule has 0 aromatic heterocycles. The first-order valence-electron chi connectivity index (χ1n) is 6.93. The fourth-order valence-corrected chi connectivity index (χ4v) is 2.13. The molecule has 1 aromatic rings. The maximum absolute atomic E-state index is 11.1. The lowest BCUT2D eigenvalue weighted by molar-refractivity contribution is -0.116. The van der Waals surface area contributed by atoms with E-state index in [1.54, 1.807) is 12.1 Å². The van der Waals surface area contributed by atoms with Gasteiger partial charge >= 0.3 is 0 Å². The third-order valence-electron chi connectivity index (χ3n) is 3.26. The van der Waals surface area contributed by atoms with E-state index in [0.29, 0.717) is 10.7 Å². The van der Waals surface area contributed by atoms with Crippen LogP contribution in [0.3, 0.4) is 0 Å². The van der Waals surface area contributed by atoms with Crippen LogP contribution in [0.25, 0.3) is 0 Å². The molecule has 0 heterocycles. The molecule has 0 saturated heterocycles. The average molecular weight is 317 g/mol. The van der Waals surface area contributed by atoms with Crippen LogP contribution in [0.4, 0.5) is 0 Å². The number of carbonyl (C=O) groups excluding carboxylic acids is 1. The largest absolute Gasteiger partial charge is 0.368 e. The van der Waals surface area contributed by atoms with Crippen molar-refractivity contribution in [3.63, 3.8) is 0 Å². The summed E-state index contributed by atoms with van der Waals surface area (Å²) in [5.41, 5.74) is 9.72. The Kier molecular flexibility index (Phi) is 6.80. The molecule has 0 atom stereocenters. The molecule has 0 bridgehead atoms. The number of nitrogens with zero attached hydrogens (tertiary/aromatic N) is 1. The fourth-order valence-electron chi connectivity index (χ4n) is 1.90. The molecule has 1 amide bonds. The molecule has 1 aromatic carbocycles. The molecule has 0 spiro atoms. The minimum atomic E-state index is -0.480. The molecule has 22 heavy (non-hydrogen) atoms. The van der Waals surface area contributed by atoms with E-state index in [1.807, 2.05) is 45.0 Å². The summed E-state index contributed by atoms with van der Waals surface area (Å²) < 4.78 is 0. The van der Waals surface area contributed by atoms with E-state index in [0.717, 1.165) is 22.3 Å². The van der Waals surface area contributed by atoms with Crippen molar-refractivity contribution in [3.8, 4) is 0 Å². The van der Waals surface area contributed by atoms with Crippen LogP contribution in [0.2, 0.25) is 5.02 Å². The van der Waals surface area contributed by atoms with E-state index in [1.165, 1.54) is 0 Å². The van der Waals surface area contributed by atoms with Gasteiger partial charge in [0, 0.05) is 10.6 Å². The highest BCUT2D eigenvalue weighted by Crippen LogP contribution is 2.21. The number of hydrogen-bond acceptors (Lipinski definition) is 2. The van der Waals surface area contributed by atoms with Crippen molar-refractivity contribution in [2.45, 2.75) is 20.8 Å². The van der Waals surface area contributed by atoms with Gasteiger partial charge in [-0.15, -0.1) is 0 Å². The van der Waals surface area contributed by atoms with E-state index < -0.39 is 5.91 Å². The molecular formula is C18H21ClN2O. The van der Waals surface area contributed by atoms with Crippen LogP contribution in [0.5, 0.6) is 0 Å². The lowest BCUT2D eigenvalue weighted by Gasteiger charge is -2.10. The van der Waals surface area contributed by atoms with Gasteiger partial charge in [0.15, 0.2) is 0 Å². The van der Waals surface area contributed by atoms with Gasteiger partial charge in [-0.1, -0.05) is 48.5 Å². The Morgan fingerprint density at radius 2 is 1.91 bits per heavy atom.